The predicted octanol–water partition coefficient (Wildman–Crippen LogP) is 4.26. The molecule has 0 aliphatic heterocycles. The van der Waals surface area contributed by atoms with E-state index in [1.807, 2.05) is 6.92 Å². The molecule has 1 aromatic heterocycles. The van der Waals surface area contributed by atoms with Crippen LogP contribution in [0.5, 0.6) is 0 Å². The lowest BCUT2D eigenvalue weighted by Crippen LogP contribution is -2.16. The highest BCUT2D eigenvalue weighted by molar-refractivity contribution is 7.12. The van der Waals surface area contributed by atoms with Crippen LogP contribution in [-0.2, 0) is 6.18 Å². The number of benzene rings is 1. The average molecular weight is 289 g/mol. The van der Waals surface area contributed by atoms with Crippen molar-refractivity contribution in [3.05, 3.63) is 57.0 Å². The van der Waals surface area contributed by atoms with E-state index in [9.17, 15) is 17.6 Å². The summed E-state index contributed by atoms with van der Waals surface area (Å²) in [5.74, 6) is -1.30. The van der Waals surface area contributed by atoms with Crippen LogP contribution in [-0.4, -0.2) is 0 Å². The molecule has 1 atom stereocenters. The Balaban J connectivity index is 2.46. The molecule has 0 saturated heterocycles. The zero-order valence-corrected chi connectivity index (χ0v) is 10.8. The Bertz CT molecular complexity index is 589. The van der Waals surface area contributed by atoms with Gasteiger partial charge in [0.05, 0.1) is 11.6 Å². The lowest BCUT2D eigenvalue weighted by atomic mass is 10.0. The van der Waals surface area contributed by atoms with Crippen molar-refractivity contribution in [2.75, 3.05) is 0 Å². The fourth-order valence-corrected chi connectivity index (χ4v) is 2.68. The number of hydrogen-bond donors (Lipinski definition) is 1. The van der Waals surface area contributed by atoms with Gasteiger partial charge in [-0.3, -0.25) is 0 Å². The molecule has 102 valence electrons. The fourth-order valence-electron chi connectivity index (χ4n) is 1.78. The molecule has 2 N–H and O–H groups in total. The van der Waals surface area contributed by atoms with E-state index >= 15 is 0 Å². The second-order valence-corrected chi connectivity index (χ2v) is 5.45. The van der Waals surface area contributed by atoms with Crippen molar-refractivity contribution in [3.63, 3.8) is 0 Å². The van der Waals surface area contributed by atoms with Crippen molar-refractivity contribution < 1.29 is 17.6 Å². The highest BCUT2D eigenvalue weighted by Crippen LogP contribution is 2.35. The summed E-state index contributed by atoms with van der Waals surface area (Å²) in [7, 11) is 0. The quantitative estimate of drug-likeness (QED) is 0.821. The van der Waals surface area contributed by atoms with Crippen LogP contribution in [0.15, 0.2) is 30.3 Å². The van der Waals surface area contributed by atoms with E-state index in [0.717, 1.165) is 4.88 Å². The Kier molecular flexibility index (Phi) is 3.64. The van der Waals surface area contributed by atoms with E-state index in [-0.39, 0.29) is 5.56 Å². The van der Waals surface area contributed by atoms with Crippen molar-refractivity contribution in [2.45, 2.75) is 19.1 Å². The van der Waals surface area contributed by atoms with Gasteiger partial charge in [-0.05, 0) is 25.1 Å². The summed E-state index contributed by atoms with van der Waals surface area (Å²) in [4.78, 5) is 1.61. The number of thiophene rings is 1. The SMILES string of the molecule is Cc1ccc(C(N)c2cccc(C(F)(F)F)c2F)s1. The molecule has 6 heteroatoms. The highest BCUT2D eigenvalue weighted by atomic mass is 32.1. The molecule has 1 nitrogen and oxygen atoms in total. The van der Waals surface area contributed by atoms with Gasteiger partial charge in [-0.15, -0.1) is 11.3 Å². The Morgan fingerprint density at radius 3 is 2.37 bits per heavy atom. The molecule has 19 heavy (non-hydrogen) atoms. The van der Waals surface area contributed by atoms with Gasteiger partial charge in [0.15, 0.2) is 0 Å². The third-order valence-electron chi connectivity index (χ3n) is 2.74. The molecule has 1 heterocycles. The van der Waals surface area contributed by atoms with Crippen molar-refractivity contribution in [1.82, 2.24) is 0 Å². The monoisotopic (exact) mass is 289 g/mol. The Labute approximate surface area is 111 Å². The average Bonchev–Trinajstić information content (AvgIpc) is 2.74. The molecule has 1 unspecified atom stereocenters. The Morgan fingerprint density at radius 1 is 1.16 bits per heavy atom. The maximum absolute atomic E-state index is 13.9. The molecular weight excluding hydrogens is 278 g/mol. The number of hydrogen-bond acceptors (Lipinski definition) is 2. The van der Waals surface area contributed by atoms with Gasteiger partial charge in [0.25, 0.3) is 0 Å². The summed E-state index contributed by atoms with van der Waals surface area (Å²) >= 11 is 1.34. The van der Waals surface area contributed by atoms with Crippen LogP contribution in [0.4, 0.5) is 17.6 Å². The lowest BCUT2D eigenvalue weighted by molar-refractivity contribution is -0.140. The number of rotatable bonds is 2. The van der Waals surface area contributed by atoms with Crippen LogP contribution >= 0.6 is 11.3 Å². The van der Waals surface area contributed by atoms with Gasteiger partial charge in [-0.2, -0.15) is 13.2 Å². The summed E-state index contributed by atoms with van der Waals surface area (Å²) in [5.41, 5.74) is 4.42. The molecule has 1 aromatic carbocycles. The number of halogens is 4. The third kappa shape index (κ3) is 2.79. The minimum atomic E-state index is -4.72. The van der Waals surface area contributed by atoms with E-state index < -0.39 is 23.6 Å². The molecule has 2 rings (SSSR count). The first kappa shape index (κ1) is 14.0. The van der Waals surface area contributed by atoms with E-state index in [1.165, 1.54) is 23.5 Å². The molecule has 0 saturated carbocycles. The van der Waals surface area contributed by atoms with Crippen molar-refractivity contribution in [2.24, 2.45) is 5.73 Å². The summed E-state index contributed by atoms with van der Waals surface area (Å²) in [5, 5.41) is 0. The van der Waals surface area contributed by atoms with Crippen LogP contribution in [0.25, 0.3) is 0 Å². The number of alkyl halides is 3. The summed E-state index contributed by atoms with van der Waals surface area (Å²) in [6.45, 7) is 1.85. The Hall–Kier alpha value is -1.40. The van der Waals surface area contributed by atoms with E-state index in [2.05, 4.69) is 0 Å². The van der Waals surface area contributed by atoms with Gasteiger partial charge in [-0.1, -0.05) is 12.1 Å². The molecule has 0 aliphatic rings. The van der Waals surface area contributed by atoms with Crippen LogP contribution < -0.4 is 5.73 Å². The third-order valence-corrected chi connectivity index (χ3v) is 3.82. The lowest BCUT2D eigenvalue weighted by Gasteiger charge is -2.15. The van der Waals surface area contributed by atoms with Crippen LogP contribution in [0, 0.1) is 12.7 Å². The summed E-state index contributed by atoms with van der Waals surface area (Å²) in [6, 6.07) is 5.77. The maximum Gasteiger partial charge on any atom is 0.419 e. The predicted molar refractivity (Wildman–Crippen MR) is 66.5 cm³/mol. The minimum Gasteiger partial charge on any atom is -0.320 e. The second-order valence-electron chi connectivity index (χ2n) is 4.13. The molecule has 2 aromatic rings. The number of nitrogens with two attached hydrogens (primary N) is 1. The highest BCUT2D eigenvalue weighted by Gasteiger charge is 2.35. The molecule has 0 amide bonds. The topological polar surface area (TPSA) is 26.0 Å². The van der Waals surface area contributed by atoms with Crippen LogP contribution in [0.3, 0.4) is 0 Å². The van der Waals surface area contributed by atoms with Gasteiger partial charge >= 0.3 is 6.18 Å². The van der Waals surface area contributed by atoms with Gasteiger partial charge in [0.2, 0.25) is 0 Å². The van der Waals surface area contributed by atoms with Crippen LogP contribution in [0.2, 0.25) is 0 Å². The molecule has 0 radical (unpaired) electrons. The van der Waals surface area contributed by atoms with E-state index in [4.69, 9.17) is 5.73 Å². The fraction of sp³-hybridized carbons (Fsp3) is 0.231. The first-order valence-corrected chi connectivity index (χ1v) is 6.30. The molecule has 0 spiro atoms. The number of aryl methyl sites for hydroxylation is 1. The smallest absolute Gasteiger partial charge is 0.320 e. The molecule has 0 fully saturated rings. The molecule has 0 bridgehead atoms. The first-order chi connectivity index (χ1) is 8.80. The zero-order chi connectivity index (χ0) is 14.2. The first-order valence-electron chi connectivity index (χ1n) is 5.48. The van der Waals surface area contributed by atoms with Crippen molar-refractivity contribution in [1.29, 1.82) is 0 Å². The van der Waals surface area contributed by atoms with Gasteiger partial charge in [-0.25, -0.2) is 4.39 Å². The zero-order valence-electron chi connectivity index (χ0n) is 9.96. The van der Waals surface area contributed by atoms with Gasteiger partial charge < -0.3 is 5.73 Å². The Morgan fingerprint density at radius 2 is 1.84 bits per heavy atom. The van der Waals surface area contributed by atoms with E-state index in [1.54, 1.807) is 12.1 Å². The van der Waals surface area contributed by atoms with Gasteiger partial charge in [0, 0.05) is 15.3 Å². The van der Waals surface area contributed by atoms with Crippen molar-refractivity contribution >= 4 is 11.3 Å². The van der Waals surface area contributed by atoms with Crippen LogP contribution in [0.1, 0.15) is 26.9 Å². The van der Waals surface area contributed by atoms with Gasteiger partial charge in [0.1, 0.15) is 5.82 Å². The van der Waals surface area contributed by atoms with E-state index in [0.29, 0.717) is 10.9 Å². The van der Waals surface area contributed by atoms with Crippen molar-refractivity contribution in [3.8, 4) is 0 Å². The minimum absolute atomic E-state index is 0.142. The maximum atomic E-state index is 13.9. The summed E-state index contributed by atoms with van der Waals surface area (Å²) in [6.07, 6.45) is -4.72. The largest absolute Gasteiger partial charge is 0.419 e. The summed E-state index contributed by atoms with van der Waals surface area (Å²) < 4.78 is 51.8. The second kappa shape index (κ2) is 4.94. The molecule has 0 aliphatic carbocycles. The molecular formula is C13H11F4NS. The normalized spacial score (nSPS) is 13.6. The standard InChI is InChI=1S/C13H11F4NS/c1-7-5-6-10(19-7)12(18)8-3-2-4-9(11(8)14)13(15,16)17/h2-6,12H,18H2,1H3.